The molecular formula is C15H20N2O2Si. The lowest BCUT2D eigenvalue weighted by Gasteiger charge is -2.10. The second-order valence-corrected chi connectivity index (χ2v) is 6.20. The second kappa shape index (κ2) is 6.24. The number of nitrogens with two attached hydrogens (primary N) is 1. The van der Waals surface area contributed by atoms with E-state index in [4.69, 9.17) is 5.40 Å². The van der Waals surface area contributed by atoms with E-state index in [0.29, 0.717) is 18.4 Å². The minimum atomic E-state index is -0.766. The molecular weight excluding hydrogens is 268 g/mol. The Balaban J connectivity index is 2.36. The van der Waals surface area contributed by atoms with Crippen LogP contribution in [0.4, 0.5) is 0 Å². The average molecular weight is 288 g/mol. The summed E-state index contributed by atoms with van der Waals surface area (Å²) in [5.74, 6) is -0.733. The number of H-pyrrole nitrogens is 1. The van der Waals surface area contributed by atoms with Gasteiger partial charge in [-0.3, -0.25) is 4.79 Å². The van der Waals surface area contributed by atoms with Gasteiger partial charge in [-0.25, -0.2) is 0 Å². The summed E-state index contributed by atoms with van der Waals surface area (Å²) >= 11 is 0. The molecule has 0 amide bonds. The molecule has 1 aromatic carbocycles. The molecule has 0 aliphatic carbocycles. The van der Waals surface area contributed by atoms with Crippen molar-refractivity contribution in [3.05, 3.63) is 35.5 Å². The second-order valence-electron chi connectivity index (χ2n) is 5.39. The first kappa shape index (κ1) is 14.8. The van der Waals surface area contributed by atoms with Crippen LogP contribution < -0.4 is 5.40 Å². The summed E-state index contributed by atoms with van der Waals surface area (Å²) in [4.78, 5) is 14.6. The average Bonchev–Trinajstić information content (AvgIpc) is 2.81. The Kier molecular flexibility index (Phi) is 4.62. The van der Waals surface area contributed by atoms with Crippen molar-refractivity contribution in [2.45, 2.75) is 32.2 Å². The van der Waals surface area contributed by atoms with Crippen molar-refractivity contribution in [2.75, 3.05) is 0 Å². The molecule has 20 heavy (non-hydrogen) atoms. The van der Waals surface area contributed by atoms with Gasteiger partial charge in [0, 0.05) is 17.1 Å². The predicted octanol–water partition coefficient (Wildman–Crippen LogP) is 2.53. The van der Waals surface area contributed by atoms with Gasteiger partial charge in [0.05, 0.1) is 5.92 Å². The summed E-state index contributed by atoms with van der Waals surface area (Å²) in [6.07, 6.45) is 2.47. The monoisotopic (exact) mass is 288 g/mol. The number of benzene rings is 1. The number of carbonyl (C=O) groups is 1. The van der Waals surface area contributed by atoms with E-state index in [1.165, 1.54) is 5.56 Å². The normalized spacial score (nSPS) is 13.0. The number of aromatic nitrogens is 1. The van der Waals surface area contributed by atoms with E-state index in [2.05, 4.69) is 31.0 Å². The van der Waals surface area contributed by atoms with Crippen LogP contribution in [-0.2, 0) is 11.2 Å². The van der Waals surface area contributed by atoms with Crippen LogP contribution in [0.1, 0.15) is 30.9 Å². The van der Waals surface area contributed by atoms with Gasteiger partial charge in [0.25, 0.3) is 0 Å². The fraction of sp³-hybridized carbons (Fsp3) is 0.400. The van der Waals surface area contributed by atoms with Gasteiger partial charge in [-0.2, -0.15) is 0 Å². The standard InChI is InChI=1S/C15H20N2O2Si/c1-9(2)12-4-3-5-13-10(7-17-14(12)13)6-11(8-20-16)15(18)19/h3-5,7,9,11,17H,6,8,16H2,1-2H3,(H,18,19)/t11-/m1/s1. The molecule has 0 unspecified atom stereocenters. The molecule has 1 aromatic heterocycles. The molecule has 4 N–H and O–H groups in total. The lowest BCUT2D eigenvalue weighted by molar-refractivity contribution is -0.141. The number of hydrogen-bond acceptors (Lipinski definition) is 2. The summed E-state index contributed by atoms with van der Waals surface area (Å²) in [7, 11) is 0.172. The summed E-state index contributed by atoms with van der Waals surface area (Å²) < 4.78 is 0. The first-order valence-corrected chi connectivity index (χ1v) is 8.08. The molecule has 0 aliphatic rings. The van der Waals surface area contributed by atoms with Crippen molar-refractivity contribution in [2.24, 2.45) is 11.3 Å². The number of carboxylic acid groups (broad SMARTS) is 1. The molecule has 2 aromatic rings. The van der Waals surface area contributed by atoms with Crippen LogP contribution in [0.15, 0.2) is 24.4 Å². The van der Waals surface area contributed by atoms with E-state index in [9.17, 15) is 9.90 Å². The number of aliphatic carboxylic acids is 1. The third-order valence-electron chi connectivity index (χ3n) is 3.64. The van der Waals surface area contributed by atoms with E-state index in [1.807, 2.05) is 12.3 Å². The molecule has 0 spiro atoms. The summed E-state index contributed by atoms with van der Waals surface area (Å²) in [6.45, 7) is 4.32. The lowest BCUT2D eigenvalue weighted by Crippen LogP contribution is -2.21. The number of para-hydroxylation sites is 1. The van der Waals surface area contributed by atoms with Crippen LogP contribution in [0.5, 0.6) is 0 Å². The highest BCUT2D eigenvalue weighted by molar-refractivity contribution is 6.31. The third kappa shape index (κ3) is 2.94. The largest absolute Gasteiger partial charge is 0.481 e. The van der Waals surface area contributed by atoms with Crippen molar-refractivity contribution in [3.63, 3.8) is 0 Å². The lowest BCUT2D eigenvalue weighted by atomic mass is 9.96. The Morgan fingerprint density at radius 1 is 1.45 bits per heavy atom. The minimum Gasteiger partial charge on any atom is -0.481 e. The Hall–Kier alpha value is -1.59. The molecule has 0 bridgehead atoms. The number of nitrogens with one attached hydrogen (secondary N) is 1. The van der Waals surface area contributed by atoms with Crippen molar-refractivity contribution in [1.82, 2.24) is 4.98 Å². The molecule has 106 valence electrons. The highest BCUT2D eigenvalue weighted by Gasteiger charge is 2.20. The zero-order valence-electron chi connectivity index (χ0n) is 11.8. The van der Waals surface area contributed by atoms with Crippen LogP contribution in [0, 0.1) is 5.92 Å². The molecule has 2 radical (unpaired) electrons. The van der Waals surface area contributed by atoms with Gasteiger partial charge in [-0.05, 0) is 29.5 Å². The van der Waals surface area contributed by atoms with Gasteiger partial charge in [-0.1, -0.05) is 32.0 Å². The van der Waals surface area contributed by atoms with Gasteiger partial charge >= 0.3 is 5.97 Å². The van der Waals surface area contributed by atoms with Gasteiger partial charge in [-0.15, -0.1) is 0 Å². The number of aromatic amines is 1. The highest BCUT2D eigenvalue weighted by Crippen LogP contribution is 2.28. The van der Waals surface area contributed by atoms with Gasteiger partial charge < -0.3 is 15.5 Å². The SMILES string of the molecule is CC(C)c1cccc2c(C[C@H](C[Si]N)C(=O)O)c[nH]c12. The molecule has 0 saturated carbocycles. The Bertz CT molecular complexity index is 607. The molecule has 4 nitrogen and oxygen atoms in total. The summed E-state index contributed by atoms with van der Waals surface area (Å²) in [6, 6.07) is 6.74. The maximum atomic E-state index is 11.3. The maximum Gasteiger partial charge on any atom is 0.306 e. The molecule has 0 saturated heterocycles. The maximum absolute atomic E-state index is 11.3. The minimum absolute atomic E-state index is 0.172. The van der Waals surface area contributed by atoms with Crippen LogP contribution in [0.3, 0.4) is 0 Å². The first-order chi connectivity index (χ1) is 9.54. The van der Waals surface area contributed by atoms with E-state index in [1.54, 1.807) is 0 Å². The quantitative estimate of drug-likeness (QED) is 0.715. The number of rotatable bonds is 6. The van der Waals surface area contributed by atoms with Gasteiger partial charge in [0.15, 0.2) is 0 Å². The van der Waals surface area contributed by atoms with E-state index in [-0.39, 0.29) is 9.68 Å². The van der Waals surface area contributed by atoms with Crippen molar-refractivity contribution < 1.29 is 9.90 Å². The fourth-order valence-electron chi connectivity index (χ4n) is 2.54. The molecule has 0 aliphatic heterocycles. The van der Waals surface area contributed by atoms with Crippen LogP contribution in [0.25, 0.3) is 10.9 Å². The summed E-state index contributed by atoms with van der Waals surface area (Å²) in [5, 5.41) is 15.9. The summed E-state index contributed by atoms with van der Waals surface area (Å²) in [5.41, 5.74) is 3.45. The zero-order valence-corrected chi connectivity index (χ0v) is 12.8. The molecule has 2 rings (SSSR count). The number of fused-ring (bicyclic) bond motifs is 1. The van der Waals surface area contributed by atoms with Crippen molar-refractivity contribution in [3.8, 4) is 0 Å². The number of carboxylic acids is 1. The Morgan fingerprint density at radius 2 is 2.20 bits per heavy atom. The third-order valence-corrected chi connectivity index (χ3v) is 4.36. The van der Waals surface area contributed by atoms with Crippen molar-refractivity contribution in [1.29, 1.82) is 0 Å². The smallest absolute Gasteiger partial charge is 0.306 e. The zero-order chi connectivity index (χ0) is 14.7. The van der Waals surface area contributed by atoms with Gasteiger partial charge in [0.2, 0.25) is 0 Å². The number of hydrogen-bond donors (Lipinski definition) is 3. The first-order valence-electron chi connectivity index (χ1n) is 6.79. The van der Waals surface area contributed by atoms with Gasteiger partial charge in [0.1, 0.15) is 9.68 Å². The predicted molar refractivity (Wildman–Crippen MR) is 82.0 cm³/mol. The fourth-order valence-corrected chi connectivity index (χ4v) is 3.14. The van der Waals surface area contributed by atoms with Crippen LogP contribution >= 0.6 is 0 Å². The molecule has 0 fully saturated rings. The molecule has 1 atom stereocenters. The topological polar surface area (TPSA) is 79.1 Å². The van der Waals surface area contributed by atoms with Crippen LogP contribution in [0.2, 0.25) is 6.04 Å². The highest BCUT2D eigenvalue weighted by atomic mass is 28.2. The Labute approximate surface area is 121 Å². The van der Waals surface area contributed by atoms with E-state index < -0.39 is 11.9 Å². The van der Waals surface area contributed by atoms with E-state index >= 15 is 0 Å². The van der Waals surface area contributed by atoms with Crippen molar-refractivity contribution >= 4 is 26.6 Å². The molecule has 5 heteroatoms. The Morgan fingerprint density at radius 3 is 2.80 bits per heavy atom. The van der Waals surface area contributed by atoms with Crippen LogP contribution in [-0.4, -0.2) is 25.7 Å². The molecule has 1 heterocycles. The van der Waals surface area contributed by atoms with E-state index in [0.717, 1.165) is 16.5 Å².